The van der Waals surface area contributed by atoms with E-state index in [9.17, 15) is 4.79 Å². The zero-order valence-electron chi connectivity index (χ0n) is 10.0. The van der Waals surface area contributed by atoms with E-state index in [4.69, 9.17) is 9.15 Å². The van der Waals surface area contributed by atoms with Crippen LogP contribution in [0.15, 0.2) is 34.7 Å². The second-order valence-corrected chi connectivity index (χ2v) is 4.53. The monoisotopic (exact) mass is 245 g/mol. The molecule has 1 saturated heterocycles. The lowest BCUT2D eigenvalue weighted by Crippen LogP contribution is -2.30. The summed E-state index contributed by atoms with van der Waals surface area (Å²) in [5, 5.41) is 3.95. The van der Waals surface area contributed by atoms with Gasteiger partial charge in [-0.1, -0.05) is 18.2 Å². The lowest BCUT2D eigenvalue weighted by molar-refractivity contribution is -0.125. The fraction of sp³-hybridized carbons (Fsp3) is 0.357. The molecule has 18 heavy (non-hydrogen) atoms. The van der Waals surface area contributed by atoms with Gasteiger partial charge >= 0.3 is 0 Å². The van der Waals surface area contributed by atoms with Gasteiger partial charge in [-0.25, -0.2) is 0 Å². The van der Waals surface area contributed by atoms with Crippen LogP contribution in [0.2, 0.25) is 0 Å². The van der Waals surface area contributed by atoms with Crippen molar-refractivity contribution in [3.8, 4) is 0 Å². The normalized spacial score (nSPS) is 19.2. The fourth-order valence-electron chi connectivity index (χ4n) is 2.18. The fourth-order valence-corrected chi connectivity index (χ4v) is 2.18. The first kappa shape index (κ1) is 11.3. The van der Waals surface area contributed by atoms with Crippen molar-refractivity contribution >= 4 is 16.9 Å². The number of furan rings is 1. The molecule has 0 bridgehead atoms. The van der Waals surface area contributed by atoms with Crippen LogP contribution in [0, 0.1) is 5.92 Å². The van der Waals surface area contributed by atoms with Crippen molar-refractivity contribution in [1.82, 2.24) is 5.32 Å². The largest absolute Gasteiger partial charge is 0.459 e. The molecule has 0 saturated carbocycles. The number of nitrogens with one attached hydrogen (secondary N) is 1. The Morgan fingerprint density at radius 3 is 3.06 bits per heavy atom. The van der Waals surface area contributed by atoms with Gasteiger partial charge in [0.25, 0.3) is 0 Å². The zero-order chi connectivity index (χ0) is 12.4. The summed E-state index contributed by atoms with van der Waals surface area (Å²) in [6, 6.07) is 9.78. The number of carbonyl (C=O) groups is 1. The van der Waals surface area contributed by atoms with Crippen molar-refractivity contribution in [2.75, 3.05) is 13.2 Å². The molecule has 4 heteroatoms. The molecule has 0 spiro atoms. The van der Waals surface area contributed by atoms with Crippen molar-refractivity contribution in [2.24, 2.45) is 5.92 Å². The number of rotatable bonds is 3. The third-order valence-corrected chi connectivity index (χ3v) is 3.21. The van der Waals surface area contributed by atoms with Crippen molar-refractivity contribution in [2.45, 2.75) is 13.0 Å². The van der Waals surface area contributed by atoms with E-state index < -0.39 is 0 Å². The summed E-state index contributed by atoms with van der Waals surface area (Å²) in [7, 11) is 0. The van der Waals surface area contributed by atoms with Crippen molar-refractivity contribution < 1.29 is 13.9 Å². The van der Waals surface area contributed by atoms with Crippen LogP contribution in [0.25, 0.3) is 11.0 Å². The summed E-state index contributed by atoms with van der Waals surface area (Å²) in [6.07, 6.45) is 0.811. The number of benzene rings is 1. The van der Waals surface area contributed by atoms with Gasteiger partial charge in [0.05, 0.1) is 19.1 Å². The number of amides is 1. The molecule has 1 aromatic carbocycles. The maximum Gasteiger partial charge on any atom is 0.225 e. The first-order valence-corrected chi connectivity index (χ1v) is 6.16. The second kappa shape index (κ2) is 4.82. The molecule has 1 fully saturated rings. The molecule has 2 aromatic rings. The van der Waals surface area contributed by atoms with Crippen LogP contribution < -0.4 is 5.32 Å². The molecule has 1 atom stereocenters. The van der Waals surface area contributed by atoms with E-state index in [0.29, 0.717) is 19.8 Å². The number of carbonyl (C=O) groups excluding carboxylic acids is 1. The quantitative estimate of drug-likeness (QED) is 0.900. The summed E-state index contributed by atoms with van der Waals surface area (Å²) < 4.78 is 10.8. The Balaban J connectivity index is 1.63. The first-order valence-electron chi connectivity index (χ1n) is 6.16. The van der Waals surface area contributed by atoms with Crippen molar-refractivity contribution in [1.29, 1.82) is 0 Å². The Hall–Kier alpha value is -1.81. The summed E-state index contributed by atoms with van der Waals surface area (Å²) in [6.45, 7) is 1.65. The van der Waals surface area contributed by atoms with Gasteiger partial charge in [-0.05, 0) is 18.6 Å². The lowest BCUT2D eigenvalue weighted by Gasteiger charge is -2.07. The number of fused-ring (bicyclic) bond motifs is 1. The number of hydrogen-bond acceptors (Lipinski definition) is 3. The van der Waals surface area contributed by atoms with Crippen LogP contribution in [0.4, 0.5) is 0 Å². The molecule has 1 aliphatic heterocycles. The predicted octanol–water partition coefficient (Wildman–Crippen LogP) is 2.09. The number of ether oxygens (including phenoxy) is 1. The van der Waals surface area contributed by atoms with Crippen LogP contribution >= 0.6 is 0 Å². The van der Waals surface area contributed by atoms with Crippen molar-refractivity contribution in [3.63, 3.8) is 0 Å². The van der Waals surface area contributed by atoms with E-state index in [1.54, 1.807) is 0 Å². The molecule has 1 N–H and O–H groups in total. The molecule has 1 amide bonds. The zero-order valence-corrected chi connectivity index (χ0v) is 10.0. The number of para-hydroxylation sites is 1. The molecular weight excluding hydrogens is 230 g/mol. The molecule has 2 heterocycles. The molecule has 0 aliphatic carbocycles. The Labute approximate surface area is 105 Å². The number of hydrogen-bond donors (Lipinski definition) is 1. The van der Waals surface area contributed by atoms with Gasteiger partial charge in [-0.2, -0.15) is 0 Å². The summed E-state index contributed by atoms with van der Waals surface area (Å²) in [5.41, 5.74) is 0.853. The third-order valence-electron chi connectivity index (χ3n) is 3.21. The molecule has 94 valence electrons. The maximum absolute atomic E-state index is 11.8. The highest BCUT2D eigenvalue weighted by atomic mass is 16.5. The predicted molar refractivity (Wildman–Crippen MR) is 67.0 cm³/mol. The van der Waals surface area contributed by atoms with Gasteiger partial charge in [0, 0.05) is 12.0 Å². The molecule has 0 radical (unpaired) electrons. The Kier molecular flexibility index (Phi) is 3.02. The van der Waals surface area contributed by atoms with Crippen LogP contribution in [0.5, 0.6) is 0 Å². The third kappa shape index (κ3) is 2.24. The van der Waals surface area contributed by atoms with E-state index in [2.05, 4.69) is 5.32 Å². The minimum atomic E-state index is -0.00521. The smallest absolute Gasteiger partial charge is 0.225 e. The Morgan fingerprint density at radius 1 is 1.39 bits per heavy atom. The average molecular weight is 245 g/mol. The van der Waals surface area contributed by atoms with Crippen LogP contribution in [0.3, 0.4) is 0 Å². The molecule has 4 nitrogen and oxygen atoms in total. The molecule has 1 unspecified atom stereocenters. The molecular formula is C14H15NO3. The minimum Gasteiger partial charge on any atom is -0.459 e. The average Bonchev–Trinajstić information content (AvgIpc) is 3.04. The summed E-state index contributed by atoms with van der Waals surface area (Å²) >= 11 is 0. The van der Waals surface area contributed by atoms with Gasteiger partial charge in [0.15, 0.2) is 0 Å². The minimum absolute atomic E-state index is 0.00521. The van der Waals surface area contributed by atoms with Gasteiger partial charge in [0.1, 0.15) is 11.3 Å². The van der Waals surface area contributed by atoms with Gasteiger partial charge in [-0.15, -0.1) is 0 Å². The van der Waals surface area contributed by atoms with E-state index in [0.717, 1.165) is 23.2 Å². The first-order chi connectivity index (χ1) is 8.83. The molecule has 3 rings (SSSR count). The van der Waals surface area contributed by atoms with Crippen LogP contribution in [-0.2, 0) is 16.1 Å². The highest BCUT2D eigenvalue weighted by molar-refractivity contribution is 5.80. The van der Waals surface area contributed by atoms with E-state index in [1.165, 1.54) is 0 Å². The summed E-state index contributed by atoms with van der Waals surface area (Å²) in [5.74, 6) is 0.825. The van der Waals surface area contributed by atoms with Gasteiger partial charge < -0.3 is 14.5 Å². The van der Waals surface area contributed by atoms with Crippen LogP contribution in [0.1, 0.15) is 12.2 Å². The Bertz CT molecular complexity index is 522. The second-order valence-electron chi connectivity index (χ2n) is 4.53. The van der Waals surface area contributed by atoms with E-state index >= 15 is 0 Å². The van der Waals surface area contributed by atoms with E-state index in [-0.39, 0.29) is 11.8 Å². The highest BCUT2D eigenvalue weighted by Crippen LogP contribution is 2.19. The Morgan fingerprint density at radius 2 is 2.28 bits per heavy atom. The maximum atomic E-state index is 11.8. The SMILES string of the molecule is O=C(NCc1cc2ccccc2o1)C1CCOC1. The standard InChI is InChI=1S/C14H15NO3/c16-14(11-5-6-17-9-11)15-8-12-7-10-3-1-2-4-13(10)18-12/h1-4,7,11H,5-6,8-9H2,(H,15,16). The molecule has 1 aliphatic rings. The lowest BCUT2D eigenvalue weighted by atomic mass is 10.1. The molecule has 1 aromatic heterocycles. The van der Waals surface area contributed by atoms with Crippen LogP contribution in [-0.4, -0.2) is 19.1 Å². The topological polar surface area (TPSA) is 51.5 Å². The van der Waals surface area contributed by atoms with Crippen molar-refractivity contribution in [3.05, 3.63) is 36.1 Å². The van der Waals surface area contributed by atoms with Gasteiger partial charge in [-0.3, -0.25) is 4.79 Å². The highest BCUT2D eigenvalue weighted by Gasteiger charge is 2.23. The van der Waals surface area contributed by atoms with Gasteiger partial charge in [0.2, 0.25) is 5.91 Å². The van der Waals surface area contributed by atoms with E-state index in [1.807, 2.05) is 30.3 Å². The summed E-state index contributed by atoms with van der Waals surface area (Å²) in [4.78, 5) is 11.8.